The van der Waals surface area contributed by atoms with Gasteiger partial charge in [0.1, 0.15) is 25.9 Å². The largest absolute Gasteiger partial charge is 0.748 e. The zero-order valence-corrected chi connectivity index (χ0v) is 19.4. The van der Waals surface area contributed by atoms with E-state index in [9.17, 15) is 17.8 Å². The minimum Gasteiger partial charge on any atom is -0.748 e. The lowest BCUT2D eigenvalue weighted by molar-refractivity contribution is -0.890. The highest BCUT2D eigenvalue weighted by Gasteiger charge is 2.23. The molecule has 2 heterocycles. The van der Waals surface area contributed by atoms with Gasteiger partial charge in [-0.2, -0.15) is 11.8 Å². The Hall–Kier alpha value is -1.01. The fourth-order valence-corrected chi connectivity index (χ4v) is 4.91. The Morgan fingerprint density at radius 2 is 2.10 bits per heavy atom. The summed E-state index contributed by atoms with van der Waals surface area (Å²) >= 11 is 3.18. The summed E-state index contributed by atoms with van der Waals surface area (Å²) < 4.78 is 49.4. The fraction of sp³-hybridized carbons (Fsp3) is 0.722. The van der Waals surface area contributed by atoms with Crippen molar-refractivity contribution in [2.24, 2.45) is 5.92 Å². The molecule has 0 N–H and O–H groups in total. The Balaban J connectivity index is 1.59. The Morgan fingerprint density at radius 1 is 1.38 bits per heavy atom. The SMILES string of the molecule is CC(CSCC1COc2cscc2O1)C(=O)OCC[N+](C)(C)CCCS(=O)(=O)[O-]. The van der Waals surface area contributed by atoms with Crippen LogP contribution in [-0.2, 0) is 19.6 Å². The zero-order chi connectivity index (χ0) is 21.5. The zero-order valence-electron chi connectivity index (χ0n) is 17.0. The van der Waals surface area contributed by atoms with Gasteiger partial charge in [-0.25, -0.2) is 8.42 Å². The van der Waals surface area contributed by atoms with Gasteiger partial charge in [-0.15, -0.1) is 11.3 Å². The molecule has 0 amide bonds. The number of likely N-dealkylation sites (N-methyl/N-ethyl adjacent to an activating group) is 1. The van der Waals surface area contributed by atoms with Gasteiger partial charge in [0.2, 0.25) is 0 Å². The van der Waals surface area contributed by atoms with Crippen molar-refractivity contribution in [3.05, 3.63) is 10.8 Å². The monoisotopic (exact) mass is 467 g/mol. The maximum absolute atomic E-state index is 12.2. The van der Waals surface area contributed by atoms with Crippen molar-refractivity contribution >= 4 is 39.2 Å². The average Bonchev–Trinajstić information content (AvgIpc) is 3.07. The van der Waals surface area contributed by atoms with Crippen LogP contribution < -0.4 is 9.47 Å². The number of fused-ring (bicyclic) bond motifs is 1. The summed E-state index contributed by atoms with van der Waals surface area (Å²) in [4.78, 5) is 12.2. The molecule has 2 rings (SSSR count). The molecule has 1 aromatic heterocycles. The van der Waals surface area contributed by atoms with Crippen LogP contribution in [0.2, 0.25) is 0 Å². The van der Waals surface area contributed by atoms with Crippen molar-refractivity contribution < 1.29 is 36.5 Å². The Labute approximate surface area is 180 Å². The van der Waals surface area contributed by atoms with Crippen LogP contribution >= 0.6 is 23.1 Å². The minimum absolute atomic E-state index is 0.0265. The highest BCUT2D eigenvalue weighted by atomic mass is 32.2. The molecule has 0 bridgehead atoms. The summed E-state index contributed by atoms with van der Waals surface area (Å²) in [6.45, 7) is 3.69. The number of quaternary nitrogens is 1. The first kappa shape index (κ1) is 24.3. The third-order valence-electron chi connectivity index (χ3n) is 4.48. The van der Waals surface area contributed by atoms with Crippen LogP contribution in [0.3, 0.4) is 0 Å². The lowest BCUT2D eigenvalue weighted by Gasteiger charge is -2.29. The number of ether oxygens (including phenoxy) is 3. The van der Waals surface area contributed by atoms with Gasteiger partial charge in [0, 0.05) is 34.4 Å². The molecule has 29 heavy (non-hydrogen) atoms. The maximum atomic E-state index is 12.2. The summed E-state index contributed by atoms with van der Waals surface area (Å²) in [5.41, 5.74) is 0. The smallest absolute Gasteiger partial charge is 0.309 e. The van der Waals surface area contributed by atoms with Crippen LogP contribution in [0.25, 0.3) is 0 Å². The molecule has 8 nitrogen and oxygen atoms in total. The Kier molecular flexibility index (Phi) is 9.08. The van der Waals surface area contributed by atoms with Gasteiger partial charge in [0.25, 0.3) is 0 Å². The number of carbonyl (C=O) groups is 1. The molecule has 2 unspecified atom stereocenters. The third kappa shape index (κ3) is 9.12. The number of hydrogen-bond donors (Lipinski definition) is 0. The molecular formula is C18H29NO7S3. The van der Waals surface area contributed by atoms with E-state index in [2.05, 4.69) is 0 Å². The van der Waals surface area contributed by atoms with E-state index in [-0.39, 0.29) is 30.4 Å². The van der Waals surface area contributed by atoms with Crippen molar-refractivity contribution in [3.63, 3.8) is 0 Å². The van der Waals surface area contributed by atoms with E-state index in [0.29, 0.717) is 36.4 Å². The van der Waals surface area contributed by atoms with Crippen molar-refractivity contribution in [2.45, 2.75) is 19.4 Å². The van der Waals surface area contributed by atoms with Crippen LogP contribution in [0, 0.1) is 5.92 Å². The number of hydrogen-bond acceptors (Lipinski definition) is 9. The molecule has 1 aliphatic heterocycles. The van der Waals surface area contributed by atoms with Crippen LogP contribution in [-0.4, -0.2) is 87.2 Å². The van der Waals surface area contributed by atoms with Crippen molar-refractivity contribution in [1.29, 1.82) is 0 Å². The second-order valence-electron chi connectivity index (χ2n) is 7.76. The first-order chi connectivity index (χ1) is 13.6. The van der Waals surface area contributed by atoms with Gasteiger partial charge in [-0.05, 0) is 0 Å². The van der Waals surface area contributed by atoms with E-state index in [1.165, 1.54) is 0 Å². The normalized spacial score (nSPS) is 17.7. The van der Waals surface area contributed by atoms with E-state index >= 15 is 0 Å². The molecule has 0 fully saturated rings. The standard InChI is InChI=1S/C18H29NO7S3/c1-14(10-27-11-15-9-25-16-12-28-13-17(16)26-15)18(20)24-7-6-19(2,3)5-4-8-29(21,22)23/h12-15H,4-11H2,1-3H3. The number of nitrogens with zero attached hydrogens (tertiary/aromatic N) is 1. The molecule has 0 spiro atoms. The van der Waals surface area contributed by atoms with Gasteiger partial charge in [-0.1, -0.05) is 6.92 Å². The van der Waals surface area contributed by atoms with Crippen LogP contribution in [0.4, 0.5) is 0 Å². The summed E-state index contributed by atoms with van der Waals surface area (Å²) in [6.07, 6.45) is 0.265. The predicted molar refractivity (Wildman–Crippen MR) is 113 cm³/mol. The van der Waals surface area contributed by atoms with Crippen molar-refractivity contribution in [3.8, 4) is 11.5 Å². The van der Waals surface area contributed by atoms with E-state index in [0.717, 1.165) is 17.3 Å². The van der Waals surface area contributed by atoms with Crippen molar-refractivity contribution in [2.75, 3.05) is 57.7 Å². The summed E-state index contributed by atoms with van der Waals surface area (Å²) in [7, 11) is -0.360. The second kappa shape index (κ2) is 10.9. The molecule has 1 aromatic rings. The van der Waals surface area contributed by atoms with Gasteiger partial charge in [0.15, 0.2) is 11.5 Å². The Morgan fingerprint density at radius 3 is 2.83 bits per heavy atom. The molecule has 1 aliphatic rings. The number of thiophene rings is 1. The maximum Gasteiger partial charge on any atom is 0.309 e. The molecule has 0 aromatic carbocycles. The van der Waals surface area contributed by atoms with Gasteiger partial charge >= 0.3 is 5.97 Å². The highest BCUT2D eigenvalue weighted by Crippen LogP contribution is 2.35. The topological polar surface area (TPSA) is 102 Å². The number of thioether (sulfide) groups is 1. The van der Waals surface area contributed by atoms with E-state index in [1.807, 2.05) is 31.8 Å². The molecule has 0 radical (unpaired) electrons. The summed E-state index contributed by atoms with van der Waals surface area (Å²) in [5.74, 6) is 2.10. The number of carbonyl (C=O) groups excluding carboxylic acids is 1. The molecule has 166 valence electrons. The first-order valence-corrected chi connectivity index (χ1v) is 13.1. The van der Waals surface area contributed by atoms with Crippen LogP contribution in [0.15, 0.2) is 10.8 Å². The second-order valence-corrected chi connectivity index (χ2v) is 11.1. The lowest BCUT2D eigenvalue weighted by Crippen LogP contribution is -2.44. The van der Waals surface area contributed by atoms with E-state index < -0.39 is 10.1 Å². The minimum atomic E-state index is -4.18. The molecule has 0 saturated heterocycles. The number of esters is 1. The molecular weight excluding hydrogens is 438 g/mol. The van der Waals surface area contributed by atoms with Crippen molar-refractivity contribution in [1.82, 2.24) is 0 Å². The molecule has 0 aliphatic carbocycles. The first-order valence-electron chi connectivity index (χ1n) is 9.41. The lowest BCUT2D eigenvalue weighted by atomic mass is 10.2. The average molecular weight is 468 g/mol. The van der Waals surface area contributed by atoms with Gasteiger partial charge in [0.05, 0.1) is 36.7 Å². The molecule has 2 atom stereocenters. The third-order valence-corrected chi connectivity index (χ3v) is 7.32. The van der Waals surface area contributed by atoms with Gasteiger partial charge < -0.3 is 23.2 Å². The van der Waals surface area contributed by atoms with Crippen LogP contribution in [0.5, 0.6) is 11.5 Å². The molecule has 11 heteroatoms. The van der Waals surface area contributed by atoms with Gasteiger partial charge in [-0.3, -0.25) is 4.79 Å². The quantitative estimate of drug-likeness (QED) is 0.261. The van der Waals surface area contributed by atoms with E-state index in [1.54, 1.807) is 23.1 Å². The van der Waals surface area contributed by atoms with Crippen LogP contribution in [0.1, 0.15) is 13.3 Å². The Bertz CT molecular complexity index is 763. The number of rotatable bonds is 12. The molecule has 0 saturated carbocycles. The van der Waals surface area contributed by atoms with E-state index in [4.69, 9.17) is 14.2 Å². The summed E-state index contributed by atoms with van der Waals surface area (Å²) in [5, 5.41) is 3.84. The fourth-order valence-electron chi connectivity index (χ4n) is 2.70. The summed E-state index contributed by atoms with van der Waals surface area (Å²) in [6, 6.07) is 0. The highest BCUT2D eigenvalue weighted by molar-refractivity contribution is 7.99. The predicted octanol–water partition coefficient (Wildman–Crippen LogP) is 1.81.